The summed E-state index contributed by atoms with van der Waals surface area (Å²) in [4.78, 5) is 0. The van der Waals surface area contributed by atoms with Crippen molar-refractivity contribution in [1.29, 1.82) is 0 Å². The first-order valence-electron chi connectivity index (χ1n) is 12.1. The van der Waals surface area contributed by atoms with Gasteiger partial charge in [0.2, 0.25) is 0 Å². The van der Waals surface area contributed by atoms with Gasteiger partial charge in [-0.05, 0) is 25.7 Å². The summed E-state index contributed by atoms with van der Waals surface area (Å²) in [6.45, 7) is 4.53. The van der Waals surface area contributed by atoms with Crippen LogP contribution in [0.5, 0.6) is 0 Å². The lowest BCUT2D eigenvalue weighted by Gasteiger charge is -2.12. The Balaban J connectivity index is 2.26. The van der Waals surface area contributed by atoms with Crippen LogP contribution < -0.4 is 11.5 Å². The summed E-state index contributed by atoms with van der Waals surface area (Å²) in [6.07, 6.45) is 22.9. The first-order chi connectivity index (χ1) is 13.7. The minimum atomic E-state index is 0.528. The molecule has 0 radical (unpaired) electrons. The lowest BCUT2D eigenvalue weighted by Crippen LogP contribution is -2.09. The average molecular weight is 391 g/mol. The van der Waals surface area contributed by atoms with Crippen LogP contribution in [0.2, 0.25) is 0 Å². The summed E-state index contributed by atoms with van der Waals surface area (Å²) in [5.41, 5.74) is 15.3. The quantitative estimate of drug-likeness (QED) is 0.264. The number of nitrogen functional groups attached to an aromatic ring is 2. The Morgan fingerprint density at radius 2 is 0.964 bits per heavy atom. The molecule has 4 nitrogen and oxygen atoms in total. The summed E-state index contributed by atoms with van der Waals surface area (Å²) < 4.78 is 0. The molecular weight excluding hydrogens is 344 g/mol. The third-order valence-electron chi connectivity index (χ3n) is 5.77. The highest BCUT2D eigenvalue weighted by molar-refractivity contribution is 5.59. The Hall–Kier alpha value is -1.32. The molecule has 0 aliphatic heterocycles. The Morgan fingerprint density at radius 1 is 0.536 bits per heavy atom. The van der Waals surface area contributed by atoms with Gasteiger partial charge >= 0.3 is 0 Å². The molecule has 0 amide bonds. The highest BCUT2D eigenvalue weighted by atomic mass is 15.1. The molecule has 4 heteroatoms. The number of aryl methyl sites for hydroxylation is 1. The van der Waals surface area contributed by atoms with E-state index in [0.717, 1.165) is 42.6 Å². The molecule has 1 rings (SSSR count). The van der Waals surface area contributed by atoms with Crippen molar-refractivity contribution in [3.05, 3.63) is 11.3 Å². The molecule has 1 heterocycles. The molecule has 0 aromatic carbocycles. The first-order valence-corrected chi connectivity index (χ1v) is 12.1. The first kappa shape index (κ1) is 24.7. The fourth-order valence-electron chi connectivity index (χ4n) is 3.85. The van der Waals surface area contributed by atoms with Crippen molar-refractivity contribution >= 4 is 11.5 Å². The second-order valence-electron chi connectivity index (χ2n) is 8.37. The van der Waals surface area contributed by atoms with Crippen molar-refractivity contribution < 1.29 is 0 Å². The zero-order valence-corrected chi connectivity index (χ0v) is 18.8. The predicted molar refractivity (Wildman–Crippen MR) is 123 cm³/mol. The molecule has 0 saturated heterocycles. The zero-order valence-electron chi connectivity index (χ0n) is 18.8. The molecular formula is C24H46N4. The molecule has 0 atom stereocenters. The number of aromatic nitrogens is 2. The van der Waals surface area contributed by atoms with Crippen LogP contribution in [0.1, 0.15) is 128 Å². The van der Waals surface area contributed by atoms with Crippen LogP contribution >= 0.6 is 0 Å². The fraction of sp³-hybridized carbons (Fsp3) is 0.833. The molecule has 0 bridgehead atoms. The van der Waals surface area contributed by atoms with Gasteiger partial charge in [0.25, 0.3) is 0 Å². The standard InChI is InChI=1S/C24H46N4/c1-3-5-7-9-11-13-15-17-19-21-23(25)22(27-28-24(21)26)20-18-16-14-12-10-8-6-4-2/h3-20H2,1-2H3,(H4,25,26,28). The zero-order chi connectivity index (χ0) is 20.5. The van der Waals surface area contributed by atoms with Crippen LogP contribution in [0.4, 0.5) is 11.5 Å². The van der Waals surface area contributed by atoms with Gasteiger partial charge in [0.15, 0.2) is 5.82 Å². The maximum atomic E-state index is 6.39. The lowest BCUT2D eigenvalue weighted by atomic mass is 10.0. The van der Waals surface area contributed by atoms with E-state index in [9.17, 15) is 0 Å². The van der Waals surface area contributed by atoms with Gasteiger partial charge in [-0.2, -0.15) is 5.10 Å². The number of nitrogens with zero attached hydrogens (tertiary/aromatic N) is 2. The molecule has 0 fully saturated rings. The van der Waals surface area contributed by atoms with Gasteiger partial charge in [-0.25, -0.2) is 0 Å². The van der Waals surface area contributed by atoms with Gasteiger partial charge in [0.1, 0.15) is 0 Å². The van der Waals surface area contributed by atoms with E-state index >= 15 is 0 Å². The largest absolute Gasteiger partial charge is 0.397 e. The van der Waals surface area contributed by atoms with Gasteiger partial charge in [-0.1, -0.05) is 104 Å². The SMILES string of the molecule is CCCCCCCCCCc1nnc(N)c(CCCCCCCCCC)c1N. The third kappa shape index (κ3) is 10.9. The summed E-state index contributed by atoms with van der Waals surface area (Å²) in [5, 5.41) is 8.47. The maximum absolute atomic E-state index is 6.39. The van der Waals surface area contributed by atoms with Crippen LogP contribution in [-0.4, -0.2) is 10.2 Å². The number of anilines is 2. The molecule has 0 saturated carbocycles. The van der Waals surface area contributed by atoms with Gasteiger partial charge in [0, 0.05) is 5.56 Å². The molecule has 0 spiro atoms. The number of rotatable bonds is 18. The van der Waals surface area contributed by atoms with Crippen molar-refractivity contribution in [2.45, 2.75) is 129 Å². The monoisotopic (exact) mass is 390 g/mol. The van der Waals surface area contributed by atoms with Crippen molar-refractivity contribution in [1.82, 2.24) is 10.2 Å². The second kappa shape index (κ2) is 16.6. The van der Waals surface area contributed by atoms with Crippen LogP contribution in [0.25, 0.3) is 0 Å². The van der Waals surface area contributed by atoms with E-state index in [2.05, 4.69) is 24.0 Å². The van der Waals surface area contributed by atoms with Gasteiger partial charge in [0.05, 0.1) is 11.4 Å². The second-order valence-corrected chi connectivity index (χ2v) is 8.37. The minimum Gasteiger partial charge on any atom is -0.397 e. The molecule has 0 aliphatic carbocycles. The predicted octanol–water partition coefficient (Wildman–Crippen LogP) is 7.01. The summed E-state index contributed by atoms with van der Waals surface area (Å²) >= 11 is 0. The molecule has 0 aliphatic rings. The molecule has 28 heavy (non-hydrogen) atoms. The summed E-state index contributed by atoms with van der Waals surface area (Å²) in [7, 11) is 0. The van der Waals surface area contributed by atoms with Gasteiger partial charge in [-0.15, -0.1) is 5.10 Å². The maximum Gasteiger partial charge on any atom is 0.151 e. The Bertz CT molecular complexity index is 502. The smallest absolute Gasteiger partial charge is 0.151 e. The van der Waals surface area contributed by atoms with Crippen molar-refractivity contribution in [2.24, 2.45) is 0 Å². The normalized spacial score (nSPS) is 11.2. The van der Waals surface area contributed by atoms with Crippen molar-refractivity contribution in [3.8, 4) is 0 Å². The van der Waals surface area contributed by atoms with Crippen LogP contribution in [0.3, 0.4) is 0 Å². The van der Waals surface area contributed by atoms with Crippen LogP contribution in [0.15, 0.2) is 0 Å². The van der Waals surface area contributed by atoms with E-state index in [4.69, 9.17) is 11.5 Å². The molecule has 1 aromatic heterocycles. The minimum absolute atomic E-state index is 0.528. The van der Waals surface area contributed by atoms with E-state index < -0.39 is 0 Å². The van der Waals surface area contributed by atoms with Crippen molar-refractivity contribution in [2.75, 3.05) is 11.5 Å². The van der Waals surface area contributed by atoms with Crippen LogP contribution in [0, 0.1) is 0 Å². The number of unbranched alkanes of at least 4 members (excludes halogenated alkanes) is 14. The van der Waals surface area contributed by atoms with E-state index in [0.29, 0.717) is 5.82 Å². The van der Waals surface area contributed by atoms with Crippen LogP contribution in [-0.2, 0) is 12.8 Å². The number of hydrogen-bond donors (Lipinski definition) is 2. The van der Waals surface area contributed by atoms with Gasteiger partial charge in [-0.3, -0.25) is 0 Å². The molecule has 0 unspecified atom stereocenters. The number of nitrogens with two attached hydrogens (primary N) is 2. The van der Waals surface area contributed by atoms with E-state index in [1.807, 2.05) is 0 Å². The topological polar surface area (TPSA) is 77.8 Å². The third-order valence-corrected chi connectivity index (χ3v) is 5.77. The van der Waals surface area contributed by atoms with Gasteiger partial charge < -0.3 is 11.5 Å². The Labute approximate surface area is 174 Å². The van der Waals surface area contributed by atoms with E-state index in [1.54, 1.807) is 0 Å². The van der Waals surface area contributed by atoms with E-state index in [-0.39, 0.29) is 0 Å². The summed E-state index contributed by atoms with van der Waals surface area (Å²) in [6, 6.07) is 0. The molecule has 4 N–H and O–H groups in total. The number of hydrogen-bond acceptors (Lipinski definition) is 4. The summed E-state index contributed by atoms with van der Waals surface area (Å²) in [5.74, 6) is 0.528. The lowest BCUT2D eigenvalue weighted by molar-refractivity contribution is 0.572. The Kier molecular flexibility index (Phi) is 14.7. The molecule has 1 aromatic rings. The highest BCUT2D eigenvalue weighted by Crippen LogP contribution is 2.24. The Morgan fingerprint density at radius 3 is 1.46 bits per heavy atom. The molecule has 162 valence electrons. The van der Waals surface area contributed by atoms with Crippen molar-refractivity contribution in [3.63, 3.8) is 0 Å². The average Bonchev–Trinajstić information content (AvgIpc) is 2.69. The van der Waals surface area contributed by atoms with E-state index in [1.165, 1.54) is 89.9 Å². The highest BCUT2D eigenvalue weighted by Gasteiger charge is 2.12. The fourth-order valence-corrected chi connectivity index (χ4v) is 3.85.